The van der Waals surface area contributed by atoms with Crippen LogP contribution in [0.2, 0.25) is 5.02 Å². The van der Waals surface area contributed by atoms with E-state index in [1.807, 2.05) is 19.9 Å². The van der Waals surface area contributed by atoms with E-state index in [0.717, 1.165) is 23.1 Å². The van der Waals surface area contributed by atoms with Gasteiger partial charge < -0.3 is 19.5 Å². The summed E-state index contributed by atoms with van der Waals surface area (Å²) >= 11 is 6.37. The van der Waals surface area contributed by atoms with Crippen LogP contribution >= 0.6 is 11.6 Å². The van der Waals surface area contributed by atoms with Crippen molar-refractivity contribution in [1.82, 2.24) is 0 Å². The third kappa shape index (κ3) is 4.97. The van der Waals surface area contributed by atoms with Crippen LogP contribution in [0, 0.1) is 19.7 Å². The third-order valence-electron chi connectivity index (χ3n) is 7.55. The molecule has 5 rings (SSSR count). The Morgan fingerprint density at radius 2 is 1.85 bits per heavy atom. The Balaban J connectivity index is 1.79. The Kier molecular flexibility index (Phi) is 7.40. The van der Waals surface area contributed by atoms with E-state index in [4.69, 9.17) is 21.1 Å². The maximum Gasteiger partial charge on any atom is 0.337 e. The van der Waals surface area contributed by atoms with Crippen LogP contribution in [-0.2, 0) is 22.4 Å². The molecule has 0 radical (unpaired) electrons. The van der Waals surface area contributed by atoms with Gasteiger partial charge in [-0.25, -0.2) is 9.18 Å². The molecule has 0 aliphatic carbocycles. The molecule has 0 fully saturated rings. The van der Waals surface area contributed by atoms with Gasteiger partial charge in [-0.3, -0.25) is 4.79 Å². The quantitative estimate of drug-likeness (QED) is 0.353. The van der Waals surface area contributed by atoms with Crippen molar-refractivity contribution in [1.29, 1.82) is 0 Å². The highest BCUT2D eigenvalue weighted by Gasteiger charge is 2.37. The lowest BCUT2D eigenvalue weighted by Gasteiger charge is -2.30. The molecule has 0 aromatic heterocycles. The Labute approximate surface area is 238 Å². The SMILES string of the molecule is Cc1cc2c(c(-c3cc(F)c4c(c3C)CCCO4)c1C(OC(C)(C)C)C(=O)O)CCN2C(=O)c1ccccc1Cl. The smallest absolute Gasteiger partial charge is 0.337 e. The number of aryl methyl sites for hydroxylation is 1. The lowest BCUT2D eigenvalue weighted by atomic mass is 9.83. The number of amides is 1. The van der Waals surface area contributed by atoms with Crippen molar-refractivity contribution in [3.05, 3.63) is 80.6 Å². The number of rotatable bonds is 5. The van der Waals surface area contributed by atoms with Crippen LogP contribution in [0.4, 0.5) is 10.1 Å². The van der Waals surface area contributed by atoms with Gasteiger partial charge in [-0.2, -0.15) is 0 Å². The predicted octanol–water partition coefficient (Wildman–Crippen LogP) is 7.23. The number of carbonyl (C=O) groups is 2. The van der Waals surface area contributed by atoms with Crippen LogP contribution < -0.4 is 9.64 Å². The van der Waals surface area contributed by atoms with Crippen LogP contribution in [0.25, 0.3) is 11.1 Å². The zero-order chi connectivity index (χ0) is 28.9. The van der Waals surface area contributed by atoms with Gasteiger partial charge in [0, 0.05) is 23.4 Å². The average molecular weight is 566 g/mol. The normalized spacial score (nSPS) is 15.3. The van der Waals surface area contributed by atoms with E-state index < -0.39 is 23.5 Å². The third-order valence-corrected chi connectivity index (χ3v) is 7.88. The Hall–Kier alpha value is -3.42. The van der Waals surface area contributed by atoms with Crippen LogP contribution in [0.1, 0.15) is 71.5 Å². The predicted molar refractivity (Wildman–Crippen MR) is 153 cm³/mol. The van der Waals surface area contributed by atoms with E-state index in [2.05, 4.69) is 0 Å². The lowest BCUT2D eigenvalue weighted by molar-refractivity contribution is -0.160. The molecule has 3 aromatic rings. The minimum Gasteiger partial charge on any atom is -0.490 e. The van der Waals surface area contributed by atoms with Crippen LogP contribution in [0.15, 0.2) is 36.4 Å². The second-order valence-corrected chi connectivity index (χ2v) is 11.8. The summed E-state index contributed by atoms with van der Waals surface area (Å²) in [7, 11) is 0. The van der Waals surface area contributed by atoms with Gasteiger partial charge in [0.25, 0.3) is 5.91 Å². The first-order valence-electron chi connectivity index (χ1n) is 13.5. The molecule has 1 N–H and O–H groups in total. The van der Waals surface area contributed by atoms with Crippen LogP contribution in [0.5, 0.6) is 5.75 Å². The van der Waals surface area contributed by atoms with E-state index in [1.165, 1.54) is 6.07 Å². The van der Waals surface area contributed by atoms with E-state index in [0.29, 0.717) is 64.5 Å². The standard InChI is InChI=1S/C32H33ClFNO5/c1-17-15-25-21(12-13-35(25)30(36)20-9-6-7-11-23(20)33)27(26(17)29(31(37)38)40-32(3,4)5)22-16-24(34)28-19(18(22)2)10-8-14-39-28/h6-7,9,11,15-16,29H,8,10,12-14H2,1-5H3,(H,37,38). The molecule has 0 spiro atoms. The Morgan fingerprint density at radius 3 is 2.52 bits per heavy atom. The number of nitrogens with zero attached hydrogens (tertiary/aromatic N) is 1. The molecule has 1 unspecified atom stereocenters. The van der Waals surface area contributed by atoms with Gasteiger partial charge in [-0.05, 0) is 106 Å². The lowest BCUT2D eigenvalue weighted by Crippen LogP contribution is -2.30. The van der Waals surface area contributed by atoms with Gasteiger partial charge in [0.05, 0.1) is 22.8 Å². The molecule has 8 heteroatoms. The van der Waals surface area contributed by atoms with E-state index >= 15 is 4.39 Å². The minimum atomic E-state index is -1.30. The molecule has 210 valence electrons. The molecule has 1 amide bonds. The topological polar surface area (TPSA) is 76.1 Å². The molecule has 6 nitrogen and oxygen atoms in total. The second kappa shape index (κ2) is 10.5. The van der Waals surface area contributed by atoms with Crippen LogP contribution in [0.3, 0.4) is 0 Å². The molecular weight excluding hydrogens is 533 g/mol. The average Bonchev–Trinajstić information content (AvgIpc) is 3.31. The van der Waals surface area contributed by atoms with Gasteiger partial charge in [0.2, 0.25) is 0 Å². The van der Waals surface area contributed by atoms with Gasteiger partial charge in [-0.1, -0.05) is 23.7 Å². The maximum atomic E-state index is 15.5. The summed E-state index contributed by atoms with van der Waals surface area (Å²) in [5, 5.41) is 10.7. The molecule has 1 atom stereocenters. The summed E-state index contributed by atoms with van der Waals surface area (Å²) < 4.78 is 27.3. The van der Waals surface area contributed by atoms with Gasteiger partial charge in [0.1, 0.15) is 0 Å². The van der Waals surface area contributed by atoms with Gasteiger partial charge >= 0.3 is 5.97 Å². The highest BCUT2D eigenvalue weighted by molar-refractivity contribution is 6.34. The number of benzene rings is 3. The number of anilines is 1. The highest BCUT2D eigenvalue weighted by Crippen LogP contribution is 2.48. The Morgan fingerprint density at radius 1 is 1.12 bits per heavy atom. The summed E-state index contributed by atoms with van der Waals surface area (Å²) in [4.78, 5) is 28.0. The fraction of sp³-hybridized carbons (Fsp3) is 0.375. The first-order valence-corrected chi connectivity index (χ1v) is 13.9. The van der Waals surface area contributed by atoms with E-state index in [1.54, 1.807) is 49.9 Å². The van der Waals surface area contributed by atoms with Gasteiger partial charge in [0.15, 0.2) is 17.7 Å². The molecule has 3 aromatic carbocycles. The van der Waals surface area contributed by atoms with Crippen molar-refractivity contribution in [2.24, 2.45) is 0 Å². The number of hydrogen-bond donors (Lipinski definition) is 1. The molecule has 2 aliphatic rings. The van der Waals surface area contributed by atoms with Crippen molar-refractivity contribution in [2.45, 2.75) is 65.6 Å². The monoisotopic (exact) mass is 565 g/mol. The summed E-state index contributed by atoms with van der Waals surface area (Å²) in [6.45, 7) is 9.97. The molecule has 0 bridgehead atoms. The molecule has 0 saturated carbocycles. The molecule has 40 heavy (non-hydrogen) atoms. The van der Waals surface area contributed by atoms with Crippen molar-refractivity contribution < 1.29 is 28.6 Å². The van der Waals surface area contributed by atoms with E-state index in [-0.39, 0.29) is 11.7 Å². The van der Waals surface area contributed by atoms with Crippen molar-refractivity contribution in [2.75, 3.05) is 18.1 Å². The number of aliphatic carboxylic acids is 1. The molecule has 2 aliphatic heterocycles. The molecule has 0 saturated heterocycles. The highest BCUT2D eigenvalue weighted by atomic mass is 35.5. The Bertz CT molecular complexity index is 1530. The number of carboxylic acids is 1. The number of carboxylic acid groups (broad SMARTS) is 1. The summed E-state index contributed by atoms with van der Waals surface area (Å²) in [6.07, 6.45) is 0.585. The zero-order valence-corrected chi connectivity index (χ0v) is 24.1. The number of fused-ring (bicyclic) bond motifs is 2. The van der Waals surface area contributed by atoms with E-state index in [9.17, 15) is 14.7 Å². The van der Waals surface area contributed by atoms with Crippen molar-refractivity contribution in [3.8, 4) is 16.9 Å². The molecule has 2 heterocycles. The van der Waals surface area contributed by atoms with Crippen LogP contribution in [-0.4, -0.2) is 35.7 Å². The molecular formula is C32H33ClFNO5. The first-order chi connectivity index (χ1) is 18.9. The second-order valence-electron chi connectivity index (χ2n) is 11.4. The zero-order valence-electron chi connectivity index (χ0n) is 23.4. The first kappa shape index (κ1) is 28.1. The number of ether oxygens (including phenoxy) is 2. The van der Waals surface area contributed by atoms with Crippen molar-refractivity contribution in [3.63, 3.8) is 0 Å². The number of halogens is 2. The fourth-order valence-electron chi connectivity index (χ4n) is 5.84. The van der Waals surface area contributed by atoms with Gasteiger partial charge in [-0.15, -0.1) is 0 Å². The number of carbonyl (C=O) groups excluding carboxylic acids is 1. The maximum absolute atomic E-state index is 15.5. The van der Waals surface area contributed by atoms with Crippen molar-refractivity contribution >= 4 is 29.2 Å². The minimum absolute atomic E-state index is 0.245. The summed E-state index contributed by atoms with van der Waals surface area (Å²) in [5.41, 5.74) is 4.98. The fourth-order valence-corrected chi connectivity index (χ4v) is 6.05. The largest absolute Gasteiger partial charge is 0.490 e. The summed E-state index contributed by atoms with van der Waals surface area (Å²) in [5.74, 6) is -1.61. The summed E-state index contributed by atoms with van der Waals surface area (Å²) in [6, 6.07) is 10.2. The number of hydrogen-bond acceptors (Lipinski definition) is 4.